The normalized spacial score (nSPS) is 11.9. The van der Waals surface area contributed by atoms with E-state index in [0.717, 1.165) is 11.4 Å². The van der Waals surface area contributed by atoms with Crippen LogP contribution in [0.15, 0.2) is 53.4 Å². The van der Waals surface area contributed by atoms with Crippen LogP contribution in [0.4, 0.5) is 5.69 Å². The molecule has 2 aromatic carbocycles. The smallest absolute Gasteiger partial charge is 0.119 e. The maximum Gasteiger partial charge on any atom is 0.119 e. The molecule has 0 aromatic heterocycles. The minimum atomic E-state index is 0.282. The molecule has 0 saturated carbocycles. The summed E-state index contributed by atoms with van der Waals surface area (Å²) >= 11 is 1.76. The van der Waals surface area contributed by atoms with Crippen molar-refractivity contribution in [1.82, 2.24) is 0 Å². The Labute approximate surface area is 119 Å². The molecule has 0 radical (unpaired) electrons. The Morgan fingerprint density at radius 2 is 1.63 bits per heavy atom. The topological polar surface area (TPSA) is 21.3 Å². The molecule has 0 heterocycles. The van der Waals surface area contributed by atoms with Gasteiger partial charge in [0.15, 0.2) is 0 Å². The third-order valence-corrected chi connectivity index (χ3v) is 3.83. The van der Waals surface area contributed by atoms with Crippen LogP contribution in [0.5, 0.6) is 5.75 Å². The summed E-state index contributed by atoms with van der Waals surface area (Å²) in [6, 6.07) is 16.9. The monoisotopic (exact) mass is 273 g/mol. The second kappa shape index (κ2) is 6.53. The van der Waals surface area contributed by atoms with Crippen LogP contribution >= 0.6 is 11.8 Å². The van der Waals surface area contributed by atoms with Gasteiger partial charge in [-0.05, 0) is 55.1 Å². The molecule has 0 aliphatic carbocycles. The summed E-state index contributed by atoms with van der Waals surface area (Å²) in [7, 11) is 1.68. The van der Waals surface area contributed by atoms with E-state index in [-0.39, 0.29) is 6.04 Å². The van der Waals surface area contributed by atoms with E-state index in [2.05, 4.69) is 42.8 Å². The summed E-state index contributed by atoms with van der Waals surface area (Å²) in [6.07, 6.45) is 2.09. The summed E-state index contributed by atoms with van der Waals surface area (Å²) < 4.78 is 5.15. The Kier molecular flexibility index (Phi) is 4.74. The summed E-state index contributed by atoms with van der Waals surface area (Å²) in [6.45, 7) is 2.17. The summed E-state index contributed by atoms with van der Waals surface area (Å²) in [4.78, 5) is 1.29. The van der Waals surface area contributed by atoms with E-state index in [1.807, 2.05) is 24.3 Å². The van der Waals surface area contributed by atoms with Gasteiger partial charge >= 0.3 is 0 Å². The number of nitrogens with one attached hydrogen (secondary N) is 1. The zero-order valence-electron chi connectivity index (χ0n) is 11.5. The molecule has 0 bridgehead atoms. The highest BCUT2D eigenvalue weighted by molar-refractivity contribution is 7.98. The molecule has 0 spiro atoms. The Morgan fingerprint density at radius 3 is 2.16 bits per heavy atom. The molecule has 1 unspecified atom stereocenters. The Morgan fingerprint density at radius 1 is 1.00 bits per heavy atom. The van der Waals surface area contributed by atoms with Crippen molar-refractivity contribution in [3.63, 3.8) is 0 Å². The average Bonchev–Trinajstić information content (AvgIpc) is 2.48. The van der Waals surface area contributed by atoms with Crippen molar-refractivity contribution in [1.29, 1.82) is 0 Å². The highest BCUT2D eigenvalue weighted by atomic mass is 32.2. The van der Waals surface area contributed by atoms with E-state index in [9.17, 15) is 0 Å². The van der Waals surface area contributed by atoms with E-state index in [1.165, 1.54) is 10.5 Å². The van der Waals surface area contributed by atoms with E-state index in [4.69, 9.17) is 4.74 Å². The molecule has 0 aliphatic rings. The predicted molar refractivity (Wildman–Crippen MR) is 83.3 cm³/mol. The van der Waals surface area contributed by atoms with Crippen molar-refractivity contribution in [3.8, 4) is 5.75 Å². The Balaban J connectivity index is 2.04. The molecule has 2 nitrogen and oxygen atoms in total. The summed E-state index contributed by atoms with van der Waals surface area (Å²) in [5.74, 6) is 0.877. The van der Waals surface area contributed by atoms with E-state index < -0.39 is 0 Å². The van der Waals surface area contributed by atoms with E-state index >= 15 is 0 Å². The lowest BCUT2D eigenvalue weighted by atomic mass is 10.1. The van der Waals surface area contributed by atoms with Crippen molar-refractivity contribution in [2.24, 2.45) is 0 Å². The van der Waals surface area contributed by atoms with Crippen LogP contribution in [-0.4, -0.2) is 13.4 Å². The van der Waals surface area contributed by atoms with Gasteiger partial charge in [-0.2, -0.15) is 0 Å². The first-order valence-electron chi connectivity index (χ1n) is 6.27. The third-order valence-electron chi connectivity index (χ3n) is 3.09. The van der Waals surface area contributed by atoms with Crippen molar-refractivity contribution in [3.05, 3.63) is 54.1 Å². The summed E-state index contributed by atoms with van der Waals surface area (Å²) in [5, 5.41) is 3.48. The standard InChI is InChI=1S/C16H19NOS/c1-12(13-4-10-16(19-3)11-5-13)17-14-6-8-15(18-2)9-7-14/h4-12,17H,1-3H3. The van der Waals surface area contributed by atoms with Crippen LogP contribution < -0.4 is 10.1 Å². The zero-order chi connectivity index (χ0) is 13.7. The van der Waals surface area contributed by atoms with Gasteiger partial charge in [-0.25, -0.2) is 0 Å². The molecule has 0 aliphatic heterocycles. The Hall–Kier alpha value is -1.61. The molecule has 3 heteroatoms. The van der Waals surface area contributed by atoms with Gasteiger partial charge in [0.2, 0.25) is 0 Å². The lowest BCUT2D eigenvalue weighted by Gasteiger charge is -2.16. The molecule has 1 N–H and O–H groups in total. The molecule has 0 amide bonds. The first kappa shape index (κ1) is 13.8. The van der Waals surface area contributed by atoms with Crippen LogP contribution in [0.25, 0.3) is 0 Å². The molecule has 2 aromatic rings. The first-order valence-corrected chi connectivity index (χ1v) is 7.50. The van der Waals surface area contributed by atoms with Gasteiger partial charge in [-0.15, -0.1) is 11.8 Å². The number of rotatable bonds is 5. The molecule has 2 rings (SSSR count). The highest BCUT2D eigenvalue weighted by Gasteiger charge is 2.05. The zero-order valence-corrected chi connectivity index (χ0v) is 12.3. The fourth-order valence-electron chi connectivity index (χ4n) is 1.91. The number of methoxy groups -OCH3 is 1. The van der Waals surface area contributed by atoms with Gasteiger partial charge in [0.05, 0.1) is 7.11 Å². The predicted octanol–water partition coefficient (Wildman–Crippen LogP) is 4.59. The highest BCUT2D eigenvalue weighted by Crippen LogP contribution is 2.23. The number of anilines is 1. The van der Waals surface area contributed by atoms with Crippen molar-refractivity contribution in [2.45, 2.75) is 17.9 Å². The van der Waals surface area contributed by atoms with Crippen LogP contribution in [0.3, 0.4) is 0 Å². The average molecular weight is 273 g/mol. The number of thioether (sulfide) groups is 1. The van der Waals surface area contributed by atoms with Gasteiger partial charge in [-0.3, -0.25) is 0 Å². The second-order valence-corrected chi connectivity index (χ2v) is 5.25. The lowest BCUT2D eigenvalue weighted by Crippen LogP contribution is -2.06. The maximum atomic E-state index is 5.15. The van der Waals surface area contributed by atoms with Gasteiger partial charge in [0.1, 0.15) is 5.75 Å². The number of hydrogen-bond donors (Lipinski definition) is 1. The third kappa shape index (κ3) is 3.67. The number of hydrogen-bond acceptors (Lipinski definition) is 3. The van der Waals surface area contributed by atoms with Crippen LogP contribution in [0, 0.1) is 0 Å². The maximum absolute atomic E-state index is 5.15. The van der Waals surface area contributed by atoms with Crippen LogP contribution in [0.2, 0.25) is 0 Å². The quantitative estimate of drug-likeness (QED) is 0.805. The molecule has 0 fully saturated rings. The molecule has 1 atom stereocenters. The molecular formula is C16H19NOS. The molecule has 0 saturated heterocycles. The first-order chi connectivity index (χ1) is 9.22. The van der Waals surface area contributed by atoms with E-state index in [1.54, 1.807) is 18.9 Å². The minimum Gasteiger partial charge on any atom is -0.497 e. The van der Waals surface area contributed by atoms with Crippen LogP contribution in [0.1, 0.15) is 18.5 Å². The second-order valence-electron chi connectivity index (χ2n) is 4.37. The minimum absolute atomic E-state index is 0.282. The number of ether oxygens (including phenoxy) is 1. The van der Waals surface area contributed by atoms with Gasteiger partial charge < -0.3 is 10.1 Å². The molecular weight excluding hydrogens is 254 g/mol. The SMILES string of the molecule is COc1ccc(NC(C)c2ccc(SC)cc2)cc1. The van der Waals surface area contributed by atoms with Crippen molar-refractivity contribution < 1.29 is 4.74 Å². The number of benzene rings is 2. The van der Waals surface area contributed by atoms with Gasteiger partial charge in [-0.1, -0.05) is 12.1 Å². The van der Waals surface area contributed by atoms with Gasteiger partial charge in [0, 0.05) is 16.6 Å². The van der Waals surface area contributed by atoms with Crippen molar-refractivity contribution >= 4 is 17.4 Å². The molecule has 19 heavy (non-hydrogen) atoms. The fraction of sp³-hybridized carbons (Fsp3) is 0.250. The fourth-order valence-corrected chi connectivity index (χ4v) is 2.32. The Bertz CT molecular complexity index is 507. The summed E-state index contributed by atoms with van der Waals surface area (Å²) in [5.41, 5.74) is 2.39. The van der Waals surface area contributed by atoms with Crippen molar-refractivity contribution in [2.75, 3.05) is 18.7 Å². The van der Waals surface area contributed by atoms with Crippen LogP contribution in [-0.2, 0) is 0 Å². The largest absolute Gasteiger partial charge is 0.497 e. The lowest BCUT2D eigenvalue weighted by molar-refractivity contribution is 0.415. The molecule has 100 valence electrons. The van der Waals surface area contributed by atoms with Gasteiger partial charge in [0.25, 0.3) is 0 Å². The van der Waals surface area contributed by atoms with E-state index in [0.29, 0.717) is 0 Å².